The molecule has 116 valence electrons. The molecule has 8 nitrogen and oxygen atoms in total. The fraction of sp³-hybridized carbons (Fsp3) is 0.357. The quantitative estimate of drug-likeness (QED) is 0.423. The Morgan fingerprint density at radius 1 is 1.41 bits per heavy atom. The number of nitro groups is 1. The van der Waals surface area contributed by atoms with Gasteiger partial charge in [-0.1, -0.05) is 6.07 Å². The monoisotopic (exact) mass is 304 g/mol. The van der Waals surface area contributed by atoms with E-state index in [2.05, 4.69) is 5.32 Å². The lowest BCUT2D eigenvalue weighted by Crippen LogP contribution is -2.44. The van der Waals surface area contributed by atoms with Gasteiger partial charge in [0.1, 0.15) is 6.04 Å². The van der Waals surface area contributed by atoms with Crippen LogP contribution in [0.4, 0.5) is 5.69 Å². The van der Waals surface area contributed by atoms with E-state index in [1.165, 1.54) is 18.2 Å². The van der Waals surface area contributed by atoms with Crippen LogP contribution in [-0.2, 0) is 4.79 Å². The second-order valence-corrected chi connectivity index (χ2v) is 4.64. The number of benzene rings is 1. The van der Waals surface area contributed by atoms with Gasteiger partial charge in [0.05, 0.1) is 11.0 Å². The summed E-state index contributed by atoms with van der Waals surface area (Å²) in [5.41, 5.74) is 5.10. The van der Waals surface area contributed by atoms with Crippen LogP contribution in [0.2, 0.25) is 0 Å². The highest BCUT2D eigenvalue weighted by molar-refractivity contribution is 5.97. The smallest absolute Gasteiger partial charge is 0.270 e. The molecule has 0 aliphatic carbocycles. The molecule has 0 fully saturated rings. The number of non-ortho nitro benzene ring substituents is 1. The molecule has 1 aromatic carbocycles. The van der Waals surface area contributed by atoms with Gasteiger partial charge < -0.3 is 11.1 Å². The summed E-state index contributed by atoms with van der Waals surface area (Å²) in [6, 6.07) is 6.31. The van der Waals surface area contributed by atoms with E-state index in [4.69, 9.17) is 11.0 Å². The normalized spacial score (nSPS) is 11.2. The van der Waals surface area contributed by atoms with Crippen LogP contribution in [0.25, 0.3) is 0 Å². The Morgan fingerprint density at radius 2 is 2.14 bits per heavy atom. The topological polar surface area (TPSA) is 139 Å². The average Bonchev–Trinajstić information content (AvgIpc) is 2.50. The lowest BCUT2D eigenvalue weighted by atomic mass is 10.1. The molecular formula is C14H16N4O4. The van der Waals surface area contributed by atoms with Crippen molar-refractivity contribution in [1.29, 1.82) is 5.26 Å². The number of nitro benzene ring substituents is 1. The average molecular weight is 304 g/mol. The maximum absolute atomic E-state index is 12.0. The number of nitrogens with one attached hydrogen (secondary N) is 1. The van der Waals surface area contributed by atoms with Gasteiger partial charge in [0.2, 0.25) is 5.91 Å². The molecule has 1 aromatic rings. The summed E-state index contributed by atoms with van der Waals surface area (Å²) in [5.74, 6) is -1.29. The van der Waals surface area contributed by atoms with Crippen molar-refractivity contribution in [3.8, 4) is 6.07 Å². The molecule has 1 atom stereocenters. The molecule has 3 N–H and O–H groups in total. The Bertz CT molecular complexity index is 609. The maximum atomic E-state index is 12.0. The van der Waals surface area contributed by atoms with E-state index >= 15 is 0 Å². The predicted octanol–water partition coefficient (Wildman–Crippen LogP) is 1.26. The van der Waals surface area contributed by atoms with E-state index in [-0.39, 0.29) is 11.3 Å². The Hall–Kier alpha value is -2.95. The third kappa shape index (κ3) is 5.20. The van der Waals surface area contributed by atoms with Crippen LogP contribution in [0.3, 0.4) is 0 Å². The van der Waals surface area contributed by atoms with Crippen LogP contribution in [-0.4, -0.2) is 22.8 Å². The Labute approximate surface area is 127 Å². The maximum Gasteiger partial charge on any atom is 0.270 e. The van der Waals surface area contributed by atoms with Crippen LogP contribution in [0.1, 0.15) is 36.0 Å². The molecule has 0 aliphatic rings. The molecule has 0 spiro atoms. The standard InChI is InChI=1S/C14H16N4O4/c15-8-3-1-2-7-12(13(16)19)17-14(20)10-5-4-6-11(9-10)18(21)22/h4-6,9,12H,1-3,7H2,(H2,16,19)(H,17,20)/t12-/m1/s1. The van der Waals surface area contributed by atoms with Gasteiger partial charge in [-0.15, -0.1) is 0 Å². The number of nitriles is 1. The number of primary amides is 1. The molecule has 0 radical (unpaired) electrons. The molecule has 0 saturated carbocycles. The van der Waals surface area contributed by atoms with Crippen LogP contribution < -0.4 is 11.1 Å². The molecule has 0 unspecified atom stereocenters. The lowest BCUT2D eigenvalue weighted by Gasteiger charge is -2.15. The summed E-state index contributed by atoms with van der Waals surface area (Å²) >= 11 is 0. The van der Waals surface area contributed by atoms with E-state index in [1.54, 1.807) is 0 Å². The zero-order valence-electron chi connectivity index (χ0n) is 11.8. The van der Waals surface area contributed by atoms with Crippen molar-refractivity contribution >= 4 is 17.5 Å². The molecular weight excluding hydrogens is 288 g/mol. The first-order valence-electron chi connectivity index (χ1n) is 6.67. The summed E-state index contributed by atoms with van der Waals surface area (Å²) in [4.78, 5) is 33.4. The number of hydrogen-bond acceptors (Lipinski definition) is 5. The highest BCUT2D eigenvalue weighted by atomic mass is 16.6. The van der Waals surface area contributed by atoms with Crippen LogP contribution in [0.5, 0.6) is 0 Å². The van der Waals surface area contributed by atoms with Crippen LogP contribution in [0, 0.1) is 21.4 Å². The number of hydrogen-bond donors (Lipinski definition) is 2. The van der Waals surface area contributed by atoms with Crippen LogP contribution in [0.15, 0.2) is 24.3 Å². The van der Waals surface area contributed by atoms with Crippen molar-refractivity contribution in [1.82, 2.24) is 5.32 Å². The molecule has 0 heterocycles. The van der Waals surface area contributed by atoms with Gasteiger partial charge in [0.15, 0.2) is 0 Å². The van der Waals surface area contributed by atoms with Crippen molar-refractivity contribution in [3.05, 3.63) is 39.9 Å². The number of nitrogens with two attached hydrogens (primary N) is 1. The van der Waals surface area contributed by atoms with Crippen molar-refractivity contribution < 1.29 is 14.5 Å². The number of unbranched alkanes of at least 4 members (excludes halogenated alkanes) is 2. The minimum atomic E-state index is -0.870. The second kappa shape index (κ2) is 8.36. The summed E-state index contributed by atoms with van der Waals surface area (Å²) in [6.45, 7) is 0. The number of nitrogens with zero attached hydrogens (tertiary/aromatic N) is 2. The summed E-state index contributed by atoms with van der Waals surface area (Å²) < 4.78 is 0. The van der Waals surface area contributed by atoms with Crippen molar-refractivity contribution in [2.24, 2.45) is 5.73 Å². The molecule has 1 rings (SSSR count). The minimum absolute atomic E-state index is 0.0810. The third-order valence-corrected chi connectivity index (χ3v) is 3.00. The fourth-order valence-electron chi connectivity index (χ4n) is 1.84. The Balaban J connectivity index is 2.71. The molecule has 0 aromatic heterocycles. The summed E-state index contributed by atoms with van der Waals surface area (Å²) in [6.07, 6.45) is 1.85. The number of amides is 2. The van der Waals surface area contributed by atoms with Crippen molar-refractivity contribution in [3.63, 3.8) is 0 Å². The van der Waals surface area contributed by atoms with Crippen molar-refractivity contribution in [2.75, 3.05) is 0 Å². The van der Waals surface area contributed by atoms with E-state index in [1.807, 2.05) is 6.07 Å². The molecule has 0 bridgehead atoms. The molecule has 0 saturated heterocycles. The molecule has 22 heavy (non-hydrogen) atoms. The van der Waals surface area contributed by atoms with Crippen LogP contribution >= 0.6 is 0 Å². The zero-order chi connectivity index (χ0) is 16.5. The number of rotatable bonds is 8. The summed E-state index contributed by atoms with van der Waals surface area (Å²) in [7, 11) is 0. The first-order valence-corrected chi connectivity index (χ1v) is 6.67. The number of carbonyl (C=O) groups is 2. The number of carbonyl (C=O) groups excluding carboxylic acids is 2. The molecule has 2 amide bonds. The Kier molecular flexibility index (Phi) is 6.50. The lowest BCUT2D eigenvalue weighted by molar-refractivity contribution is -0.384. The van der Waals surface area contributed by atoms with Gasteiger partial charge in [-0.2, -0.15) is 5.26 Å². The third-order valence-electron chi connectivity index (χ3n) is 3.00. The first kappa shape index (κ1) is 17.1. The van der Waals surface area contributed by atoms with Gasteiger partial charge in [0, 0.05) is 24.1 Å². The highest BCUT2D eigenvalue weighted by Crippen LogP contribution is 2.13. The van der Waals surface area contributed by atoms with Gasteiger partial charge in [0.25, 0.3) is 11.6 Å². The largest absolute Gasteiger partial charge is 0.368 e. The predicted molar refractivity (Wildman–Crippen MR) is 77.6 cm³/mol. The Morgan fingerprint density at radius 3 is 2.73 bits per heavy atom. The first-order chi connectivity index (χ1) is 10.5. The SMILES string of the molecule is N#CCCCC[C@@H](NC(=O)c1cccc([N+](=O)[O-])c1)C(N)=O. The molecule has 0 aliphatic heterocycles. The highest BCUT2D eigenvalue weighted by Gasteiger charge is 2.19. The van der Waals surface area contributed by atoms with Crippen molar-refractivity contribution in [2.45, 2.75) is 31.7 Å². The fourth-order valence-corrected chi connectivity index (χ4v) is 1.84. The van der Waals surface area contributed by atoms with E-state index in [0.29, 0.717) is 25.7 Å². The van der Waals surface area contributed by atoms with Gasteiger partial charge in [-0.3, -0.25) is 19.7 Å². The van der Waals surface area contributed by atoms with Gasteiger partial charge >= 0.3 is 0 Å². The van der Waals surface area contributed by atoms with Gasteiger partial charge in [-0.05, 0) is 25.3 Å². The van der Waals surface area contributed by atoms with E-state index < -0.39 is 22.8 Å². The van der Waals surface area contributed by atoms with E-state index in [9.17, 15) is 19.7 Å². The second-order valence-electron chi connectivity index (χ2n) is 4.64. The van der Waals surface area contributed by atoms with Gasteiger partial charge in [-0.25, -0.2) is 0 Å². The van der Waals surface area contributed by atoms with E-state index in [0.717, 1.165) is 6.07 Å². The zero-order valence-corrected chi connectivity index (χ0v) is 11.8. The minimum Gasteiger partial charge on any atom is -0.368 e. The molecule has 8 heteroatoms. The summed E-state index contributed by atoms with van der Waals surface area (Å²) in [5, 5.41) is 21.6.